The molecule has 1 rings (SSSR count). The van der Waals surface area contributed by atoms with E-state index in [1.54, 1.807) is 20.0 Å². The van der Waals surface area contributed by atoms with Gasteiger partial charge in [-0.25, -0.2) is 4.98 Å². The highest BCUT2D eigenvalue weighted by Crippen LogP contribution is 1.84. The van der Waals surface area contributed by atoms with Crippen molar-refractivity contribution in [3.05, 3.63) is 24.1 Å². The molecule has 0 aromatic carbocycles. The molecule has 0 saturated heterocycles. The number of rotatable bonds is 0. The fourth-order valence-corrected chi connectivity index (χ4v) is 0.510. The first-order valence-corrected chi connectivity index (χ1v) is 2.38. The second kappa shape index (κ2) is 1.94. The van der Waals surface area contributed by atoms with E-state index < -0.39 is 5.95 Å². The highest BCUT2D eigenvalue weighted by Gasteiger charge is 1.86. The maximum Gasteiger partial charge on any atom is 0.212 e. The van der Waals surface area contributed by atoms with E-state index in [2.05, 4.69) is 4.98 Å². The summed E-state index contributed by atoms with van der Waals surface area (Å²) in [6, 6.07) is 4.72. The average Bonchev–Trinajstić information content (AvgIpc) is 1.64. The Morgan fingerprint density at radius 3 is 2.62 bits per heavy atom. The van der Waals surface area contributed by atoms with Crippen molar-refractivity contribution in [3.63, 3.8) is 0 Å². The van der Waals surface area contributed by atoms with Crippen LogP contribution in [0.4, 0.5) is 4.39 Å². The predicted octanol–water partition coefficient (Wildman–Crippen LogP) is -0.521. The Bertz CT molecular complexity index is 172. The van der Waals surface area contributed by atoms with Crippen molar-refractivity contribution in [2.45, 2.75) is 0 Å². The van der Waals surface area contributed by atoms with Gasteiger partial charge in [0.15, 0.2) is 7.85 Å². The third-order valence-corrected chi connectivity index (χ3v) is 0.854. The van der Waals surface area contributed by atoms with Crippen LogP contribution in [-0.2, 0) is 0 Å². The first kappa shape index (κ1) is 5.28. The van der Waals surface area contributed by atoms with E-state index in [4.69, 9.17) is 0 Å². The van der Waals surface area contributed by atoms with Gasteiger partial charge in [-0.15, -0.1) is 0 Å². The lowest BCUT2D eigenvalue weighted by molar-refractivity contribution is 0.587. The summed E-state index contributed by atoms with van der Waals surface area (Å²) in [6.07, 6.45) is 0. The molecule has 1 aromatic heterocycles. The molecule has 0 amide bonds. The molecule has 1 nitrogen and oxygen atoms in total. The van der Waals surface area contributed by atoms with Crippen LogP contribution in [0.3, 0.4) is 0 Å². The summed E-state index contributed by atoms with van der Waals surface area (Å²) < 4.78 is 12.1. The summed E-state index contributed by atoms with van der Waals surface area (Å²) in [5.41, 5.74) is 0.713. The smallest absolute Gasteiger partial charge is 0.212 e. The van der Waals surface area contributed by atoms with Gasteiger partial charge in [-0.1, -0.05) is 12.1 Å². The molecule has 0 aliphatic heterocycles. The van der Waals surface area contributed by atoms with Crippen molar-refractivity contribution in [2.24, 2.45) is 0 Å². The minimum absolute atomic E-state index is 0.412. The molecule has 0 spiro atoms. The van der Waals surface area contributed by atoms with Gasteiger partial charge in [0, 0.05) is 0 Å². The molecule has 3 heteroatoms. The van der Waals surface area contributed by atoms with Crippen LogP contribution in [0.25, 0.3) is 0 Å². The average molecular weight is 109 g/mol. The normalized spacial score (nSPS) is 9.12. The first-order chi connectivity index (χ1) is 3.79. The maximum absolute atomic E-state index is 12.1. The van der Waals surface area contributed by atoms with E-state index in [0.717, 1.165) is 0 Å². The highest BCUT2D eigenvalue weighted by atomic mass is 19.1. The Morgan fingerprint density at radius 1 is 1.50 bits per heavy atom. The van der Waals surface area contributed by atoms with Crippen LogP contribution in [0.5, 0.6) is 0 Å². The fourth-order valence-electron chi connectivity index (χ4n) is 0.510. The molecule has 0 bridgehead atoms. The van der Waals surface area contributed by atoms with Gasteiger partial charge in [0.25, 0.3) is 0 Å². The molecule has 0 aliphatic rings. The van der Waals surface area contributed by atoms with E-state index in [1.165, 1.54) is 6.07 Å². The quantitative estimate of drug-likeness (QED) is 0.322. The van der Waals surface area contributed by atoms with Gasteiger partial charge >= 0.3 is 0 Å². The Kier molecular flexibility index (Phi) is 1.28. The van der Waals surface area contributed by atoms with E-state index >= 15 is 0 Å². The van der Waals surface area contributed by atoms with Crippen molar-refractivity contribution < 1.29 is 4.39 Å². The van der Waals surface area contributed by atoms with Crippen molar-refractivity contribution in [1.82, 2.24) is 4.98 Å². The van der Waals surface area contributed by atoms with Crippen LogP contribution in [-0.4, -0.2) is 12.8 Å². The summed E-state index contributed by atoms with van der Waals surface area (Å²) in [5, 5.41) is 0. The van der Waals surface area contributed by atoms with Crippen LogP contribution in [0.2, 0.25) is 0 Å². The molecule has 0 unspecified atom stereocenters. The number of aromatic nitrogens is 1. The molecular weight excluding hydrogens is 104 g/mol. The Labute approximate surface area is 48.0 Å². The van der Waals surface area contributed by atoms with Crippen LogP contribution < -0.4 is 5.59 Å². The Morgan fingerprint density at radius 2 is 2.25 bits per heavy atom. The Hall–Kier alpha value is -0.855. The monoisotopic (exact) mass is 109 g/mol. The van der Waals surface area contributed by atoms with Crippen molar-refractivity contribution in [3.8, 4) is 0 Å². The summed E-state index contributed by atoms with van der Waals surface area (Å²) >= 11 is 0. The second-order valence-corrected chi connectivity index (χ2v) is 1.60. The predicted molar refractivity (Wildman–Crippen MR) is 32.4 cm³/mol. The van der Waals surface area contributed by atoms with Crippen LogP contribution >= 0.6 is 0 Å². The van der Waals surface area contributed by atoms with Gasteiger partial charge in [-0.2, -0.15) is 4.39 Å². The molecule has 0 aliphatic carbocycles. The zero-order chi connectivity index (χ0) is 5.98. The third-order valence-electron chi connectivity index (χ3n) is 0.854. The van der Waals surface area contributed by atoms with Gasteiger partial charge < -0.3 is 0 Å². The maximum atomic E-state index is 12.1. The van der Waals surface area contributed by atoms with Gasteiger partial charge in [0.1, 0.15) is 0 Å². The van der Waals surface area contributed by atoms with Gasteiger partial charge in [-0.05, 0) is 11.7 Å². The lowest BCUT2D eigenvalue weighted by atomic mass is 10.0. The van der Waals surface area contributed by atoms with E-state index in [9.17, 15) is 4.39 Å². The fraction of sp³-hybridized carbons (Fsp3) is 0. The molecular formula is C5H5BFN. The van der Waals surface area contributed by atoms with E-state index in [0.29, 0.717) is 5.59 Å². The van der Waals surface area contributed by atoms with Crippen molar-refractivity contribution >= 4 is 13.4 Å². The lowest BCUT2D eigenvalue weighted by Gasteiger charge is -1.86. The van der Waals surface area contributed by atoms with Crippen LogP contribution in [0.15, 0.2) is 18.2 Å². The summed E-state index contributed by atoms with van der Waals surface area (Å²) in [5.74, 6) is -0.412. The van der Waals surface area contributed by atoms with Crippen LogP contribution in [0, 0.1) is 5.95 Å². The largest absolute Gasteiger partial charge is 0.236 e. The molecule has 1 aromatic rings. The Balaban J connectivity index is 3.08. The van der Waals surface area contributed by atoms with E-state index in [-0.39, 0.29) is 0 Å². The third kappa shape index (κ3) is 1.06. The molecule has 0 fully saturated rings. The van der Waals surface area contributed by atoms with Gasteiger partial charge in [0.2, 0.25) is 5.95 Å². The minimum atomic E-state index is -0.412. The number of nitrogens with zero attached hydrogens (tertiary/aromatic N) is 1. The summed E-state index contributed by atoms with van der Waals surface area (Å²) in [7, 11) is 1.75. The number of pyridine rings is 1. The molecule has 0 atom stereocenters. The lowest BCUT2D eigenvalue weighted by Crippen LogP contribution is -2.07. The molecule has 1 heterocycles. The highest BCUT2D eigenvalue weighted by molar-refractivity contribution is 6.30. The number of hydrogen-bond acceptors (Lipinski definition) is 1. The second-order valence-electron chi connectivity index (χ2n) is 1.60. The molecule has 0 saturated carbocycles. The zero-order valence-corrected chi connectivity index (χ0v) is 4.56. The summed E-state index contributed by atoms with van der Waals surface area (Å²) in [6.45, 7) is 0. The topological polar surface area (TPSA) is 12.9 Å². The van der Waals surface area contributed by atoms with Gasteiger partial charge in [0.05, 0.1) is 0 Å². The number of hydrogen-bond donors (Lipinski definition) is 0. The number of halogens is 1. The molecule has 40 valence electrons. The van der Waals surface area contributed by atoms with Crippen molar-refractivity contribution in [2.75, 3.05) is 0 Å². The molecule has 0 radical (unpaired) electrons. The zero-order valence-electron chi connectivity index (χ0n) is 4.56. The SMILES string of the molecule is Bc1cccc(F)n1. The van der Waals surface area contributed by atoms with Crippen molar-refractivity contribution in [1.29, 1.82) is 0 Å². The minimum Gasteiger partial charge on any atom is -0.236 e. The molecule has 8 heavy (non-hydrogen) atoms. The standard InChI is InChI=1S/C5H5BFN/c6-4-2-1-3-5(7)8-4/h1-3H,6H2. The summed E-state index contributed by atoms with van der Waals surface area (Å²) in [4.78, 5) is 3.51. The van der Waals surface area contributed by atoms with Crippen LogP contribution in [0.1, 0.15) is 0 Å². The van der Waals surface area contributed by atoms with Gasteiger partial charge in [-0.3, -0.25) is 0 Å². The van der Waals surface area contributed by atoms with E-state index in [1.807, 2.05) is 0 Å². The first-order valence-electron chi connectivity index (χ1n) is 2.38. The molecule has 0 N–H and O–H groups in total.